The first-order chi connectivity index (χ1) is 13.1. The summed E-state index contributed by atoms with van der Waals surface area (Å²) in [5.74, 6) is 0.498. The third-order valence-electron chi connectivity index (χ3n) is 3.83. The van der Waals surface area contributed by atoms with E-state index >= 15 is 0 Å². The summed E-state index contributed by atoms with van der Waals surface area (Å²) in [6.45, 7) is 2.66. The molecule has 4 aromatic rings. The number of aryl methyl sites for hydroxylation is 1. The molecule has 0 spiro atoms. The number of amides is 1. The van der Waals surface area contributed by atoms with Gasteiger partial charge in [0.15, 0.2) is 5.69 Å². The number of carbonyl (C=O) groups is 1. The largest absolute Gasteiger partial charge is 0.333 e. The second-order valence-electron chi connectivity index (χ2n) is 5.60. The molecule has 7 nitrogen and oxygen atoms in total. The van der Waals surface area contributed by atoms with E-state index in [1.54, 1.807) is 35.1 Å². The standard InChI is InChI=1S/C18H14ClN5O2S/c1-2-24-9-7-14(22-24)17(25)20-13-8-10-27-15(13)18-21-16(23-26-18)11-3-5-12(19)6-4-11/h3-10H,2H2,1H3,(H,20,25). The molecule has 9 heteroatoms. The zero-order valence-corrected chi connectivity index (χ0v) is 15.8. The highest BCUT2D eigenvalue weighted by Crippen LogP contribution is 2.34. The van der Waals surface area contributed by atoms with E-state index < -0.39 is 0 Å². The van der Waals surface area contributed by atoms with Crippen LogP contribution in [0.2, 0.25) is 5.02 Å². The molecule has 4 rings (SSSR count). The molecular formula is C18H14ClN5O2S. The lowest BCUT2D eigenvalue weighted by Crippen LogP contribution is -2.13. The Morgan fingerprint density at radius 3 is 2.81 bits per heavy atom. The van der Waals surface area contributed by atoms with Crippen molar-refractivity contribution in [2.24, 2.45) is 0 Å². The van der Waals surface area contributed by atoms with E-state index in [2.05, 4.69) is 20.6 Å². The molecule has 0 radical (unpaired) electrons. The first kappa shape index (κ1) is 17.4. The molecule has 0 aliphatic carbocycles. The van der Waals surface area contributed by atoms with E-state index in [1.807, 2.05) is 24.4 Å². The van der Waals surface area contributed by atoms with Crippen LogP contribution in [0.3, 0.4) is 0 Å². The Labute approximate surface area is 163 Å². The van der Waals surface area contributed by atoms with E-state index in [-0.39, 0.29) is 5.91 Å². The second kappa shape index (κ2) is 7.34. The summed E-state index contributed by atoms with van der Waals surface area (Å²) in [4.78, 5) is 17.5. The van der Waals surface area contributed by atoms with E-state index in [4.69, 9.17) is 16.1 Å². The number of nitrogens with zero attached hydrogens (tertiary/aromatic N) is 4. The van der Waals surface area contributed by atoms with Crippen LogP contribution in [0.4, 0.5) is 5.69 Å². The van der Waals surface area contributed by atoms with Gasteiger partial charge in [0.25, 0.3) is 11.8 Å². The van der Waals surface area contributed by atoms with E-state index in [0.29, 0.717) is 39.5 Å². The fourth-order valence-corrected chi connectivity index (χ4v) is 3.35. The third-order valence-corrected chi connectivity index (χ3v) is 4.99. The molecule has 1 N–H and O–H groups in total. The van der Waals surface area contributed by atoms with E-state index in [9.17, 15) is 4.79 Å². The van der Waals surface area contributed by atoms with Crippen LogP contribution in [0.15, 0.2) is 52.5 Å². The zero-order chi connectivity index (χ0) is 18.8. The average molecular weight is 400 g/mol. The van der Waals surface area contributed by atoms with Crippen molar-refractivity contribution in [2.75, 3.05) is 5.32 Å². The number of carbonyl (C=O) groups excluding carboxylic acids is 1. The summed E-state index contributed by atoms with van der Waals surface area (Å²) in [5.41, 5.74) is 1.74. The molecule has 136 valence electrons. The summed E-state index contributed by atoms with van der Waals surface area (Å²) in [7, 11) is 0. The Bertz CT molecular complexity index is 1080. The molecule has 0 saturated heterocycles. The summed E-state index contributed by atoms with van der Waals surface area (Å²) in [6, 6.07) is 10.6. The quantitative estimate of drug-likeness (QED) is 0.530. The number of thiophene rings is 1. The predicted octanol–water partition coefficient (Wildman–Crippen LogP) is 4.59. The van der Waals surface area contributed by atoms with Gasteiger partial charge in [0.1, 0.15) is 4.88 Å². The number of anilines is 1. The Balaban J connectivity index is 1.57. The first-order valence-electron chi connectivity index (χ1n) is 8.16. The first-order valence-corrected chi connectivity index (χ1v) is 9.42. The van der Waals surface area contributed by atoms with Crippen molar-refractivity contribution in [3.8, 4) is 22.2 Å². The van der Waals surface area contributed by atoms with Crippen molar-refractivity contribution >= 4 is 34.5 Å². The summed E-state index contributed by atoms with van der Waals surface area (Å²) in [5, 5.41) is 13.6. The molecule has 3 aromatic heterocycles. The number of aromatic nitrogens is 4. The minimum absolute atomic E-state index is 0.292. The molecule has 1 aromatic carbocycles. The van der Waals surface area contributed by atoms with Crippen molar-refractivity contribution in [3.63, 3.8) is 0 Å². The highest BCUT2D eigenvalue weighted by Gasteiger charge is 2.18. The lowest BCUT2D eigenvalue weighted by Gasteiger charge is -2.02. The van der Waals surface area contributed by atoms with Gasteiger partial charge >= 0.3 is 0 Å². The van der Waals surface area contributed by atoms with Gasteiger partial charge in [0.05, 0.1) is 5.69 Å². The molecule has 0 aliphatic rings. The number of rotatable bonds is 5. The van der Waals surface area contributed by atoms with Crippen LogP contribution in [0.5, 0.6) is 0 Å². The number of nitrogens with one attached hydrogen (secondary N) is 1. The number of benzene rings is 1. The molecule has 0 unspecified atom stereocenters. The van der Waals surface area contributed by atoms with Crippen LogP contribution >= 0.6 is 22.9 Å². The SMILES string of the molecule is CCn1ccc(C(=O)Nc2ccsc2-c2nc(-c3ccc(Cl)cc3)no2)n1. The minimum Gasteiger partial charge on any atom is -0.333 e. The molecule has 27 heavy (non-hydrogen) atoms. The fraction of sp³-hybridized carbons (Fsp3) is 0.111. The summed E-state index contributed by atoms with van der Waals surface area (Å²) >= 11 is 7.31. The molecule has 0 fully saturated rings. The number of halogens is 1. The van der Waals surface area contributed by atoms with Crippen LogP contribution in [-0.4, -0.2) is 25.8 Å². The maximum Gasteiger partial charge on any atom is 0.276 e. The zero-order valence-electron chi connectivity index (χ0n) is 14.2. The van der Waals surface area contributed by atoms with Crippen LogP contribution in [0, 0.1) is 0 Å². The van der Waals surface area contributed by atoms with Crippen LogP contribution in [0.1, 0.15) is 17.4 Å². The highest BCUT2D eigenvalue weighted by atomic mass is 35.5. The van der Waals surface area contributed by atoms with Crippen molar-refractivity contribution in [1.29, 1.82) is 0 Å². The monoisotopic (exact) mass is 399 g/mol. The minimum atomic E-state index is -0.292. The molecule has 1 amide bonds. The lowest BCUT2D eigenvalue weighted by molar-refractivity contribution is 0.102. The predicted molar refractivity (Wildman–Crippen MR) is 104 cm³/mol. The van der Waals surface area contributed by atoms with E-state index in [0.717, 1.165) is 5.56 Å². The fourth-order valence-electron chi connectivity index (χ4n) is 2.45. The second-order valence-corrected chi connectivity index (χ2v) is 6.96. The number of hydrogen-bond acceptors (Lipinski definition) is 6. The van der Waals surface area contributed by atoms with Crippen molar-refractivity contribution < 1.29 is 9.32 Å². The maximum absolute atomic E-state index is 12.4. The molecule has 0 saturated carbocycles. The smallest absolute Gasteiger partial charge is 0.276 e. The van der Waals surface area contributed by atoms with Gasteiger partial charge in [0.2, 0.25) is 5.82 Å². The van der Waals surface area contributed by atoms with Crippen molar-refractivity contribution in [2.45, 2.75) is 13.5 Å². The van der Waals surface area contributed by atoms with Gasteiger partial charge < -0.3 is 9.84 Å². The van der Waals surface area contributed by atoms with Gasteiger partial charge in [-0.25, -0.2) is 0 Å². The van der Waals surface area contributed by atoms with Crippen LogP contribution < -0.4 is 5.32 Å². The molecule has 0 bridgehead atoms. The Kier molecular flexibility index (Phi) is 4.74. The normalized spacial score (nSPS) is 10.9. The Morgan fingerprint density at radius 2 is 2.07 bits per heavy atom. The highest BCUT2D eigenvalue weighted by molar-refractivity contribution is 7.14. The van der Waals surface area contributed by atoms with Gasteiger partial charge in [-0.3, -0.25) is 9.48 Å². The van der Waals surface area contributed by atoms with Gasteiger partial charge in [-0.1, -0.05) is 16.8 Å². The van der Waals surface area contributed by atoms with Crippen molar-refractivity contribution in [1.82, 2.24) is 19.9 Å². The average Bonchev–Trinajstić information content (AvgIpc) is 3.42. The summed E-state index contributed by atoms with van der Waals surface area (Å²) in [6.07, 6.45) is 1.76. The lowest BCUT2D eigenvalue weighted by atomic mass is 10.2. The van der Waals surface area contributed by atoms with Crippen molar-refractivity contribution in [3.05, 3.63) is 58.7 Å². The molecule has 0 aliphatic heterocycles. The number of hydrogen-bond donors (Lipinski definition) is 1. The third kappa shape index (κ3) is 3.62. The van der Waals surface area contributed by atoms with E-state index in [1.165, 1.54) is 11.3 Å². The topological polar surface area (TPSA) is 85.8 Å². The Hall–Kier alpha value is -2.97. The van der Waals surface area contributed by atoms with Gasteiger partial charge in [-0.15, -0.1) is 11.3 Å². The van der Waals surface area contributed by atoms with Gasteiger partial charge in [-0.2, -0.15) is 10.1 Å². The van der Waals surface area contributed by atoms with Gasteiger partial charge in [0, 0.05) is 23.3 Å². The Morgan fingerprint density at radius 1 is 1.26 bits per heavy atom. The van der Waals surface area contributed by atoms with Gasteiger partial charge in [-0.05, 0) is 48.7 Å². The summed E-state index contributed by atoms with van der Waals surface area (Å²) < 4.78 is 7.08. The van der Waals surface area contributed by atoms with Crippen LogP contribution in [-0.2, 0) is 6.54 Å². The molecule has 0 atom stereocenters. The molecular weight excluding hydrogens is 386 g/mol. The maximum atomic E-state index is 12.4. The molecule has 3 heterocycles. The van der Waals surface area contributed by atoms with Crippen LogP contribution in [0.25, 0.3) is 22.2 Å².